The van der Waals surface area contributed by atoms with Gasteiger partial charge in [0.15, 0.2) is 11.5 Å². The van der Waals surface area contributed by atoms with E-state index in [4.69, 9.17) is 9.47 Å². The summed E-state index contributed by atoms with van der Waals surface area (Å²) < 4.78 is 10.6. The van der Waals surface area contributed by atoms with Gasteiger partial charge in [-0.1, -0.05) is 19.9 Å². The van der Waals surface area contributed by atoms with Crippen LogP contribution in [0.15, 0.2) is 48.3 Å². The third kappa shape index (κ3) is 4.45. The van der Waals surface area contributed by atoms with Crippen molar-refractivity contribution in [3.05, 3.63) is 59.4 Å². The first kappa shape index (κ1) is 23.3. The van der Waals surface area contributed by atoms with Crippen molar-refractivity contribution in [2.45, 2.75) is 19.9 Å². The van der Waals surface area contributed by atoms with E-state index in [1.807, 2.05) is 13.8 Å². The van der Waals surface area contributed by atoms with Gasteiger partial charge in [0.1, 0.15) is 5.76 Å². The Morgan fingerprint density at radius 3 is 2.44 bits per heavy atom. The number of aliphatic hydroxyl groups excluding tert-OH is 1. The maximum absolute atomic E-state index is 13.1. The van der Waals surface area contributed by atoms with E-state index in [1.54, 1.807) is 42.7 Å². The number of hydrogen-bond donors (Lipinski definition) is 1. The van der Waals surface area contributed by atoms with E-state index in [-0.39, 0.29) is 11.3 Å². The number of carbonyl (C=O) groups is 2. The molecule has 1 saturated heterocycles. The molecular formula is C24H29N3O5. The Hall–Kier alpha value is -3.39. The molecule has 0 unspecified atom stereocenters. The summed E-state index contributed by atoms with van der Waals surface area (Å²) in [6, 6.07) is 7.67. The number of aromatic nitrogens is 1. The van der Waals surface area contributed by atoms with Crippen molar-refractivity contribution in [3.8, 4) is 11.5 Å². The zero-order chi connectivity index (χ0) is 23.3. The van der Waals surface area contributed by atoms with Crippen molar-refractivity contribution in [2.75, 3.05) is 40.4 Å². The Morgan fingerprint density at radius 2 is 1.84 bits per heavy atom. The third-order valence-electron chi connectivity index (χ3n) is 5.75. The van der Waals surface area contributed by atoms with Gasteiger partial charge >= 0.3 is 0 Å². The lowest BCUT2D eigenvalue weighted by atomic mass is 9.96. The molecule has 0 saturated carbocycles. The van der Waals surface area contributed by atoms with Crippen LogP contribution in [0, 0.1) is 0 Å². The van der Waals surface area contributed by atoms with Gasteiger partial charge in [-0.15, -0.1) is 0 Å². The fraction of sp³-hybridized carbons (Fsp3) is 0.375. The zero-order valence-corrected chi connectivity index (χ0v) is 18.9. The summed E-state index contributed by atoms with van der Waals surface area (Å²) in [5.74, 6) is -0.708. The first-order valence-electron chi connectivity index (χ1n) is 10.6. The van der Waals surface area contributed by atoms with E-state index in [9.17, 15) is 14.7 Å². The summed E-state index contributed by atoms with van der Waals surface area (Å²) in [4.78, 5) is 33.9. The van der Waals surface area contributed by atoms with Crippen LogP contribution >= 0.6 is 0 Å². The van der Waals surface area contributed by atoms with Crippen LogP contribution in [0.2, 0.25) is 0 Å². The quantitative estimate of drug-likeness (QED) is 0.365. The number of ether oxygens (including phenoxy) is 2. The van der Waals surface area contributed by atoms with Crippen molar-refractivity contribution in [1.29, 1.82) is 0 Å². The molecule has 32 heavy (non-hydrogen) atoms. The molecule has 1 aromatic heterocycles. The Morgan fingerprint density at radius 1 is 1.12 bits per heavy atom. The number of pyridine rings is 1. The van der Waals surface area contributed by atoms with Gasteiger partial charge < -0.3 is 24.4 Å². The fourth-order valence-electron chi connectivity index (χ4n) is 3.92. The Bertz CT molecular complexity index is 1000. The number of amides is 1. The molecule has 8 heteroatoms. The molecule has 1 aliphatic rings. The molecule has 170 valence electrons. The number of nitrogens with zero attached hydrogens (tertiary/aromatic N) is 3. The monoisotopic (exact) mass is 439 g/mol. The van der Waals surface area contributed by atoms with Gasteiger partial charge in [0.05, 0.1) is 25.8 Å². The summed E-state index contributed by atoms with van der Waals surface area (Å²) in [6.45, 7) is 6.75. The molecule has 1 aliphatic heterocycles. The second kappa shape index (κ2) is 10.3. The molecule has 1 N–H and O–H groups in total. The number of hydrogen-bond acceptors (Lipinski definition) is 7. The minimum atomic E-state index is -0.729. The lowest BCUT2D eigenvalue weighted by Crippen LogP contribution is -2.38. The number of methoxy groups -OCH3 is 2. The first-order chi connectivity index (χ1) is 15.5. The van der Waals surface area contributed by atoms with Crippen LogP contribution in [0.25, 0.3) is 5.76 Å². The Kier molecular flexibility index (Phi) is 7.48. The number of carbonyl (C=O) groups excluding carboxylic acids is 2. The highest BCUT2D eigenvalue weighted by Gasteiger charge is 2.46. The first-order valence-corrected chi connectivity index (χ1v) is 10.6. The molecule has 1 atom stereocenters. The molecule has 1 amide bonds. The smallest absolute Gasteiger partial charge is 0.295 e. The summed E-state index contributed by atoms with van der Waals surface area (Å²) in [5, 5.41) is 11.2. The van der Waals surface area contributed by atoms with Crippen LogP contribution in [0.4, 0.5) is 0 Å². The van der Waals surface area contributed by atoms with Gasteiger partial charge in [-0.3, -0.25) is 14.6 Å². The van der Waals surface area contributed by atoms with Crippen LogP contribution in [-0.4, -0.2) is 72.0 Å². The van der Waals surface area contributed by atoms with Gasteiger partial charge in [-0.2, -0.15) is 0 Å². The van der Waals surface area contributed by atoms with E-state index < -0.39 is 17.7 Å². The lowest BCUT2D eigenvalue weighted by Gasteiger charge is -2.28. The standard InChI is InChI=1S/C24H29N3O5/c1-5-26(6-2)12-13-27-21(17-8-7-11-25-15-17)20(23(29)24(27)30)22(28)16-9-10-18(31-3)19(14-16)32-4/h7-11,14-15,21,28H,5-6,12-13H2,1-4H3/t21-/m0/s1. The zero-order valence-electron chi connectivity index (χ0n) is 18.9. The second-order valence-electron chi connectivity index (χ2n) is 7.38. The Labute approximate surface area is 188 Å². The molecule has 0 spiro atoms. The molecule has 8 nitrogen and oxygen atoms in total. The topological polar surface area (TPSA) is 92.2 Å². The van der Waals surface area contributed by atoms with Gasteiger partial charge in [-0.25, -0.2) is 0 Å². The maximum atomic E-state index is 13.1. The molecular weight excluding hydrogens is 410 g/mol. The number of Topliss-reactive ketones (excluding diaryl/α,β-unsaturated/α-hetero) is 1. The number of likely N-dealkylation sites (N-methyl/N-ethyl adjacent to an activating group) is 1. The van der Waals surface area contributed by atoms with Crippen molar-refractivity contribution in [3.63, 3.8) is 0 Å². The molecule has 0 aliphatic carbocycles. The SMILES string of the molecule is CCN(CC)CCN1C(=O)C(=O)C(=C(O)c2ccc(OC)c(OC)c2)[C@@H]1c1cccnc1. The number of aliphatic hydroxyl groups is 1. The van der Waals surface area contributed by atoms with Crippen molar-refractivity contribution >= 4 is 17.4 Å². The summed E-state index contributed by atoms with van der Waals surface area (Å²) in [5.41, 5.74) is 1.06. The van der Waals surface area contributed by atoms with Crippen LogP contribution in [-0.2, 0) is 9.59 Å². The van der Waals surface area contributed by atoms with Crippen molar-refractivity contribution in [1.82, 2.24) is 14.8 Å². The van der Waals surface area contributed by atoms with Gasteiger partial charge in [-0.05, 0) is 42.9 Å². The molecule has 1 aromatic carbocycles. The van der Waals surface area contributed by atoms with E-state index in [0.717, 1.165) is 13.1 Å². The highest BCUT2D eigenvalue weighted by atomic mass is 16.5. The lowest BCUT2D eigenvalue weighted by molar-refractivity contribution is -0.140. The highest BCUT2D eigenvalue weighted by molar-refractivity contribution is 6.46. The summed E-state index contributed by atoms with van der Waals surface area (Å²) >= 11 is 0. The second-order valence-corrected chi connectivity index (χ2v) is 7.38. The van der Waals surface area contributed by atoms with Gasteiger partial charge in [0, 0.05) is 31.0 Å². The van der Waals surface area contributed by atoms with Crippen LogP contribution in [0.3, 0.4) is 0 Å². The maximum Gasteiger partial charge on any atom is 0.295 e. The highest BCUT2D eigenvalue weighted by Crippen LogP contribution is 2.40. The predicted molar refractivity (Wildman–Crippen MR) is 121 cm³/mol. The van der Waals surface area contributed by atoms with Crippen LogP contribution in [0.5, 0.6) is 11.5 Å². The number of likely N-dealkylation sites (tertiary alicyclic amines) is 1. The minimum Gasteiger partial charge on any atom is -0.507 e. The molecule has 0 radical (unpaired) electrons. The van der Waals surface area contributed by atoms with E-state index in [0.29, 0.717) is 35.7 Å². The average Bonchev–Trinajstić information content (AvgIpc) is 3.09. The number of ketones is 1. The van der Waals surface area contributed by atoms with Crippen LogP contribution in [0.1, 0.15) is 31.0 Å². The molecule has 2 aromatic rings. The van der Waals surface area contributed by atoms with Crippen molar-refractivity contribution < 1.29 is 24.2 Å². The fourth-order valence-corrected chi connectivity index (χ4v) is 3.92. The largest absolute Gasteiger partial charge is 0.507 e. The molecule has 3 rings (SSSR count). The van der Waals surface area contributed by atoms with E-state index in [2.05, 4.69) is 9.88 Å². The summed E-state index contributed by atoms with van der Waals surface area (Å²) in [6.07, 6.45) is 3.24. The van der Waals surface area contributed by atoms with E-state index in [1.165, 1.54) is 19.1 Å². The Balaban J connectivity index is 2.10. The van der Waals surface area contributed by atoms with Gasteiger partial charge in [0.25, 0.3) is 11.7 Å². The molecule has 0 bridgehead atoms. The average molecular weight is 440 g/mol. The minimum absolute atomic E-state index is 0.0368. The molecule has 2 heterocycles. The van der Waals surface area contributed by atoms with Crippen LogP contribution < -0.4 is 9.47 Å². The van der Waals surface area contributed by atoms with E-state index >= 15 is 0 Å². The molecule has 1 fully saturated rings. The van der Waals surface area contributed by atoms with Gasteiger partial charge in [0.2, 0.25) is 0 Å². The summed E-state index contributed by atoms with van der Waals surface area (Å²) in [7, 11) is 3.00. The normalized spacial score (nSPS) is 17.8. The predicted octanol–water partition coefficient (Wildman–Crippen LogP) is 2.86. The number of benzene rings is 1. The van der Waals surface area contributed by atoms with Crippen molar-refractivity contribution in [2.24, 2.45) is 0 Å². The number of rotatable bonds is 9. The third-order valence-corrected chi connectivity index (χ3v) is 5.75.